The molecule has 1 aliphatic heterocycles. The minimum Gasteiger partial charge on any atom is -0.345 e. The lowest BCUT2D eigenvalue weighted by Crippen LogP contribution is -2.59. The standard InChI is InChI=1S/C22H39N5O5/c1-7-13(4)18(21(31)24-14(5)11-28)26-20(30)16-9-8-10-27(16)22(32)17(12(2)3)25-19(29)15(6)23/h11-18H,7-10,23H2,1-6H3,(H,24,31)(H,25,29)(H,26,30)/t13-,14-,15-,16-,17-,18-/m0/s1. The first-order chi connectivity index (χ1) is 14.9. The molecular weight excluding hydrogens is 414 g/mol. The Kier molecular flexibility index (Phi) is 10.8. The van der Waals surface area contributed by atoms with Crippen LogP contribution in [-0.2, 0) is 24.0 Å². The molecule has 0 radical (unpaired) electrons. The summed E-state index contributed by atoms with van der Waals surface area (Å²) in [5.41, 5.74) is 5.62. The zero-order chi connectivity index (χ0) is 24.6. The third kappa shape index (κ3) is 7.29. The van der Waals surface area contributed by atoms with Gasteiger partial charge in [0.1, 0.15) is 24.4 Å². The van der Waals surface area contributed by atoms with Crippen LogP contribution in [0.3, 0.4) is 0 Å². The van der Waals surface area contributed by atoms with Gasteiger partial charge in [0.15, 0.2) is 0 Å². The second kappa shape index (κ2) is 12.5. The van der Waals surface area contributed by atoms with Gasteiger partial charge in [0, 0.05) is 6.54 Å². The van der Waals surface area contributed by atoms with E-state index in [1.54, 1.807) is 6.92 Å². The summed E-state index contributed by atoms with van der Waals surface area (Å²) in [6.07, 6.45) is 2.36. The van der Waals surface area contributed by atoms with Gasteiger partial charge in [-0.2, -0.15) is 0 Å². The smallest absolute Gasteiger partial charge is 0.246 e. The first-order valence-electron chi connectivity index (χ1n) is 11.4. The summed E-state index contributed by atoms with van der Waals surface area (Å²) in [6.45, 7) is 10.8. The third-order valence-corrected chi connectivity index (χ3v) is 5.85. The predicted octanol–water partition coefficient (Wildman–Crippen LogP) is -0.300. The number of amides is 4. The Labute approximate surface area is 190 Å². The van der Waals surface area contributed by atoms with E-state index in [1.165, 1.54) is 11.8 Å². The highest BCUT2D eigenvalue weighted by Gasteiger charge is 2.40. The quantitative estimate of drug-likeness (QED) is 0.315. The molecule has 10 nitrogen and oxygen atoms in total. The fourth-order valence-electron chi connectivity index (χ4n) is 3.58. The molecule has 10 heteroatoms. The van der Waals surface area contributed by atoms with E-state index in [0.717, 1.165) is 0 Å². The lowest BCUT2D eigenvalue weighted by atomic mass is 9.97. The minimum atomic E-state index is -0.828. The molecule has 0 aromatic rings. The van der Waals surface area contributed by atoms with Crippen LogP contribution in [0, 0.1) is 11.8 Å². The van der Waals surface area contributed by atoms with Crippen LogP contribution in [0.5, 0.6) is 0 Å². The topological polar surface area (TPSA) is 151 Å². The van der Waals surface area contributed by atoms with Crippen molar-refractivity contribution in [1.82, 2.24) is 20.9 Å². The van der Waals surface area contributed by atoms with E-state index in [-0.39, 0.29) is 17.7 Å². The summed E-state index contributed by atoms with van der Waals surface area (Å²) in [5, 5.41) is 8.04. The number of nitrogens with two attached hydrogens (primary N) is 1. The molecule has 1 rings (SSSR count). The van der Waals surface area contributed by atoms with Crippen molar-refractivity contribution in [2.24, 2.45) is 17.6 Å². The molecular formula is C22H39N5O5. The molecule has 1 fully saturated rings. The number of hydrogen-bond acceptors (Lipinski definition) is 6. The van der Waals surface area contributed by atoms with E-state index in [2.05, 4.69) is 16.0 Å². The summed E-state index contributed by atoms with van der Waals surface area (Å²) in [7, 11) is 0. The van der Waals surface area contributed by atoms with Gasteiger partial charge in [-0.05, 0) is 38.5 Å². The monoisotopic (exact) mass is 453 g/mol. The molecule has 0 unspecified atom stereocenters. The summed E-state index contributed by atoms with van der Waals surface area (Å²) in [4.78, 5) is 63.4. The van der Waals surface area contributed by atoms with Crippen LogP contribution in [-0.4, -0.2) is 71.6 Å². The Balaban J connectivity index is 3.00. The highest BCUT2D eigenvalue weighted by atomic mass is 16.2. The van der Waals surface area contributed by atoms with Gasteiger partial charge in [-0.1, -0.05) is 34.1 Å². The maximum absolute atomic E-state index is 13.2. The Morgan fingerprint density at radius 2 is 1.62 bits per heavy atom. The van der Waals surface area contributed by atoms with Gasteiger partial charge in [-0.15, -0.1) is 0 Å². The van der Waals surface area contributed by atoms with Gasteiger partial charge in [0.2, 0.25) is 23.6 Å². The van der Waals surface area contributed by atoms with Crippen LogP contribution in [0.2, 0.25) is 0 Å². The van der Waals surface area contributed by atoms with Gasteiger partial charge in [0.25, 0.3) is 0 Å². The van der Waals surface area contributed by atoms with Crippen molar-refractivity contribution in [3.8, 4) is 0 Å². The molecule has 1 saturated heterocycles. The Bertz CT molecular complexity index is 696. The average molecular weight is 454 g/mol. The number of likely N-dealkylation sites (tertiary alicyclic amines) is 1. The summed E-state index contributed by atoms with van der Waals surface area (Å²) >= 11 is 0. The van der Waals surface area contributed by atoms with Crippen LogP contribution < -0.4 is 21.7 Å². The number of nitrogens with one attached hydrogen (secondary N) is 3. The fourth-order valence-corrected chi connectivity index (χ4v) is 3.58. The number of rotatable bonds is 11. The molecule has 0 spiro atoms. The number of hydrogen-bond donors (Lipinski definition) is 4. The van der Waals surface area contributed by atoms with Crippen LogP contribution in [0.25, 0.3) is 0 Å². The van der Waals surface area contributed by atoms with Crippen molar-refractivity contribution in [2.45, 2.75) is 91.0 Å². The molecule has 182 valence electrons. The van der Waals surface area contributed by atoms with Crippen molar-refractivity contribution in [3.05, 3.63) is 0 Å². The van der Waals surface area contributed by atoms with Gasteiger partial charge < -0.3 is 31.4 Å². The maximum Gasteiger partial charge on any atom is 0.246 e. The van der Waals surface area contributed by atoms with E-state index in [9.17, 15) is 24.0 Å². The number of aldehydes is 1. The lowest BCUT2D eigenvalue weighted by molar-refractivity contribution is -0.143. The maximum atomic E-state index is 13.2. The first kappa shape index (κ1) is 27.5. The molecule has 1 heterocycles. The fraction of sp³-hybridized carbons (Fsp3) is 0.773. The van der Waals surface area contributed by atoms with Gasteiger partial charge in [0.05, 0.1) is 12.1 Å². The van der Waals surface area contributed by atoms with E-state index < -0.39 is 47.9 Å². The van der Waals surface area contributed by atoms with Crippen LogP contribution in [0.1, 0.15) is 60.8 Å². The second-order valence-electron chi connectivity index (χ2n) is 9.01. The molecule has 5 N–H and O–H groups in total. The Morgan fingerprint density at radius 3 is 2.12 bits per heavy atom. The number of nitrogens with zero attached hydrogens (tertiary/aromatic N) is 1. The predicted molar refractivity (Wildman–Crippen MR) is 120 cm³/mol. The largest absolute Gasteiger partial charge is 0.345 e. The molecule has 1 aliphatic rings. The first-order valence-corrected chi connectivity index (χ1v) is 11.4. The highest BCUT2D eigenvalue weighted by Crippen LogP contribution is 2.21. The summed E-state index contributed by atoms with van der Waals surface area (Å²) in [6, 6.07) is -3.80. The van der Waals surface area contributed by atoms with Crippen molar-refractivity contribution in [3.63, 3.8) is 0 Å². The Morgan fingerprint density at radius 1 is 1.00 bits per heavy atom. The lowest BCUT2D eigenvalue weighted by Gasteiger charge is -2.32. The number of carbonyl (C=O) groups is 5. The molecule has 0 aromatic heterocycles. The van der Waals surface area contributed by atoms with E-state index >= 15 is 0 Å². The average Bonchev–Trinajstić information content (AvgIpc) is 3.23. The normalized spacial score (nSPS) is 20.6. The molecule has 0 aliphatic carbocycles. The molecule has 32 heavy (non-hydrogen) atoms. The molecule has 0 saturated carbocycles. The van der Waals surface area contributed by atoms with Crippen molar-refractivity contribution >= 4 is 29.9 Å². The van der Waals surface area contributed by atoms with Crippen molar-refractivity contribution < 1.29 is 24.0 Å². The van der Waals surface area contributed by atoms with Gasteiger partial charge >= 0.3 is 0 Å². The Hall–Kier alpha value is -2.49. The zero-order valence-electron chi connectivity index (χ0n) is 20.0. The third-order valence-electron chi connectivity index (χ3n) is 5.85. The SMILES string of the molecule is CC[C@H](C)[C@H](NC(=O)[C@@H]1CCCN1C(=O)[C@@H](NC(=O)[C@H](C)N)C(C)C)C(=O)N[C@@H](C)C=O. The van der Waals surface area contributed by atoms with Gasteiger partial charge in [-0.25, -0.2) is 0 Å². The zero-order valence-corrected chi connectivity index (χ0v) is 20.0. The van der Waals surface area contributed by atoms with E-state index in [1.807, 2.05) is 27.7 Å². The van der Waals surface area contributed by atoms with Crippen LogP contribution in [0.15, 0.2) is 0 Å². The second-order valence-corrected chi connectivity index (χ2v) is 9.01. The van der Waals surface area contributed by atoms with E-state index in [4.69, 9.17) is 5.73 Å². The molecule has 4 amide bonds. The minimum absolute atomic E-state index is 0.169. The van der Waals surface area contributed by atoms with Crippen LogP contribution in [0.4, 0.5) is 0 Å². The molecule has 0 bridgehead atoms. The van der Waals surface area contributed by atoms with Crippen LogP contribution >= 0.6 is 0 Å². The summed E-state index contributed by atoms with van der Waals surface area (Å²) in [5.74, 6) is -2.00. The van der Waals surface area contributed by atoms with Crippen molar-refractivity contribution in [1.29, 1.82) is 0 Å². The molecule has 6 atom stereocenters. The number of carbonyl (C=O) groups excluding carboxylic acids is 5. The highest BCUT2D eigenvalue weighted by molar-refractivity contribution is 5.95. The summed E-state index contributed by atoms with van der Waals surface area (Å²) < 4.78 is 0. The van der Waals surface area contributed by atoms with E-state index in [0.29, 0.717) is 32.1 Å². The molecule has 0 aromatic carbocycles. The van der Waals surface area contributed by atoms with Gasteiger partial charge in [-0.3, -0.25) is 19.2 Å². The van der Waals surface area contributed by atoms with Crippen molar-refractivity contribution in [2.75, 3.05) is 6.54 Å².